The summed E-state index contributed by atoms with van der Waals surface area (Å²) < 4.78 is 45.5. The maximum Gasteiger partial charge on any atom is 0.251 e. The zero-order valence-corrected chi connectivity index (χ0v) is 16.3. The van der Waals surface area contributed by atoms with Crippen LogP contribution >= 0.6 is 0 Å². The van der Waals surface area contributed by atoms with E-state index in [0.717, 1.165) is 5.56 Å². The number of hydrogen-bond acceptors (Lipinski definition) is 4. The molecule has 0 fully saturated rings. The van der Waals surface area contributed by atoms with Crippen LogP contribution < -0.4 is 14.8 Å². The van der Waals surface area contributed by atoms with Crippen LogP contribution in [0.4, 0.5) is 4.39 Å². The summed E-state index contributed by atoms with van der Waals surface area (Å²) in [5.41, 5.74) is 0.914. The van der Waals surface area contributed by atoms with Gasteiger partial charge in [0.25, 0.3) is 5.91 Å². The molecule has 8 heteroatoms. The van der Waals surface area contributed by atoms with Crippen molar-refractivity contribution < 1.29 is 22.3 Å². The fraction of sp³-hybridized carbons (Fsp3) is 0.316. The highest BCUT2D eigenvalue weighted by atomic mass is 32.2. The minimum atomic E-state index is -3.80. The van der Waals surface area contributed by atoms with E-state index in [1.165, 1.54) is 37.4 Å². The van der Waals surface area contributed by atoms with Gasteiger partial charge >= 0.3 is 0 Å². The molecular formula is C19H23FN2O4S. The van der Waals surface area contributed by atoms with Crippen LogP contribution in [0.5, 0.6) is 5.75 Å². The van der Waals surface area contributed by atoms with Crippen molar-refractivity contribution in [3.8, 4) is 5.75 Å². The minimum Gasteiger partial charge on any atom is -0.495 e. The summed E-state index contributed by atoms with van der Waals surface area (Å²) in [4.78, 5) is 12.5. The van der Waals surface area contributed by atoms with Crippen molar-refractivity contribution in [2.75, 3.05) is 13.7 Å². The van der Waals surface area contributed by atoms with Crippen LogP contribution in [0.25, 0.3) is 0 Å². The SMILES string of the molecule is CCCNS(=O)(=O)c1cc(C(=O)N[C@@H](C)c2ccc(F)cc2)ccc1OC. The first kappa shape index (κ1) is 20.9. The van der Waals surface area contributed by atoms with Gasteiger partial charge < -0.3 is 10.1 Å². The molecule has 0 radical (unpaired) electrons. The van der Waals surface area contributed by atoms with Gasteiger partial charge in [0.05, 0.1) is 13.2 Å². The first-order valence-electron chi connectivity index (χ1n) is 8.52. The molecule has 1 atom stereocenters. The highest BCUT2D eigenvalue weighted by Crippen LogP contribution is 2.25. The minimum absolute atomic E-state index is 0.0967. The van der Waals surface area contributed by atoms with E-state index in [1.54, 1.807) is 19.1 Å². The van der Waals surface area contributed by atoms with Gasteiger partial charge in [0.1, 0.15) is 16.5 Å². The maximum atomic E-state index is 13.0. The zero-order chi connectivity index (χ0) is 20.0. The second kappa shape index (κ2) is 8.96. The second-order valence-electron chi connectivity index (χ2n) is 6.01. The van der Waals surface area contributed by atoms with Crippen LogP contribution in [-0.2, 0) is 10.0 Å². The number of halogens is 1. The molecule has 0 aliphatic rings. The molecule has 0 saturated carbocycles. The number of rotatable bonds is 8. The monoisotopic (exact) mass is 394 g/mol. The lowest BCUT2D eigenvalue weighted by Gasteiger charge is -2.16. The van der Waals surface area contributed by atoms with Gasteiger partial charge in [0.15, 0.2) is 0 Å². The van der Waals surface area contributed by atoms with Gasteiger partial charge in [-0.05, 0) is 49.2 Å². The quantitative estimate of drug-likeness (QED) is 0.721. The Labute approximate surface area is 158 Å². The van der Waals surface area contributed by atoms with Gasteiger partial charge in [0.2, 0.25) is 10.0 Å². The highest BCUT2D eigenvalue weighted by molar-refractivity contribution is 7.89. The van der Waals surface area contributed by atoms with Crippen molar-refractivity contribution in [1.29, 1.82) is 0 Å². The van der Waals surface area contributed by atoms with Crippen LogP contribution in [0.2, 0.25) is 0 Å². The van der Waals surface area contributed by atoms with Gasteiger partial charge in [-0.1, -0.05) is 19.1 Å². The number of carbonyl (C=O) groups excluding carboxylic acids is 1. The number of nitrogens with one attached hydrogen (secondary N) is 2. The lowest BCUT2D eigenvalue weighted by molar-refractivity contribution is 0.0939. The summed E-state index contributed by atoms with van der Waals surface area (Å²) in [6, 6.07) is 9.63. The molecule has 2 rings (SSSR count). The Morgan fingerprint density at radius 1 is 1.19 bits per heavy atom. The number of carbonyl (C=O) groups is 1. The average Bonchev–Trinajstić information content (AvgIpc) is 2.66. The molecule has 2 aromatic carbocycles. The molecule has 0 aliphatic carbocycles. The predicted octanol–water partition coefficient (Wildman–Crippen LogP) is 3.01. The first-order chi connectivity index (χ1) is 12.8. The molecule has 2 N–H and O–H groups in total. The molecule has 0 heterocycles. The third-order valence-corrected chi connectivity index (χ3v) is 5.46. The van der Waals surface area contributed by atoms with E-state index in [-0.39, 0.29) is 34.6 Å². The van der Waals surface area contributed by atoms with Crippen LogP contribution in [0, 0.1) is 5.82 Å². The Balaban J connectivity index is 2.26. The van der Waals surface area contributed by atoms with Gasteiger partial charge in [0, 0.05) is 12.1 Å². The molecule has 0 aliphatic heterocycles. The number of hydrogen-bond donors (Lipinski definition) is 2. The standard InChI is InChI=1S/C19H23FN2O4S/c1-4-11-21-27(24,25)18-12-15(7-10-17(18)26-3)19(23)22-13(2)14-5-8-16(20)9-6-14/h5-10,12-13,21H,4,11H2,1-3H3,(H,22,23)/t13-/m0/s1. The molecule has 0 aromatic heterocycles. The maximum absolute atomic E-state index is 13.0. The zero-order valence-electron chi connectivity index (χ0n) is 15.5. The predicted molar refractivity (Wildman–Crippen MR) is 101 cm³/mol. The number of methoxy groups -OCH3 is 1. The molecule has 0 spiro atoms. The molecule has 2 aromatic rings. The highest BCUT2D eigenvalue weighted by Gasteiger charge is 2.22. The van der Waals surface area contributed by atoms with Crippen molar-refractivity contribution in [1.82, 2.24) is 10.0 Å². The summed E-state index contributed by atoms with van der Waals surface area (Å²) in [5.74, 6) is -0.648. The molecule has 0 unspecified atom stereocenters. The van der Waals surface area contributed by atoms with Crippen molar-refractivity contribution >= 4 is 15.9 Å². The van der Waals surface area contributed by atoms with E-state index in [9.17, 15) is 17.6 Å². The van der Waals surface area contributed by atoms with E-state index in [0.29, 0.717) is 6.42 Å². The topological polar surface area (TPSA) is 84.5 Å². The van der Waals surface area contributed by atoms with E-state index in [4.69, 9.17) is 4.74 Å². The smallest absolute Gasteiger partial charge is 0.251 e. The summed E-state index contributed by atoms with van der Waals surface area (Å²) in [6.07, 6.45) is 0.636. The van der Waals surface area contributed by atoms with Crippen molar-refractivity contribution in [2.45, 2.75) is 31.2 Å². The molecule has 0 saturated heterocycles. The summed E-state index contributed by atoms with van der Waals surface area (Å²) in [5, 5.41) is 2.77. The molecule has 6 nitrogen and oxygen atoms in total. The van der Waals surface area contributed by atoms with Crippen LogP contribution in [-0.4, -0.2) is 28.0 Å². The second-order valence-corrected chi connectivity index (χ2v) is 7.75. The van der Waals surface area contributed by atoms with Crippen LogP contribution in [0.3, 0.4) is 0 Å². The van der Waals surface area contributed by atoms with E-state index >= 15 is 0 Å². The van der Waals surface area contributed by atoms with Gasteiger partial charge in [-0.25, -0.2) is 17.5 Å². The molecular weight excluding hydrogens is 371 g/mol. The van der Waals surface area contributed by atoms with Gasteiger partial charge in [-0.15, -0.1) is 0 Å². The Morgan fingerprint density at radius 2 is 1.85 bits per heavy atom. The van der Waals surface area contributed by atoms with E-state index < -0.39 is 15.9 Å². The number of ether oxygens (including phenoxy) is 1. The molecule has 146 valence electrons. The molecule has 27 heavy (non-hydrogen) atoms. The lowest BCUT2D eigenvalue weighted by atomic mass is 10.1. The molecule has 1 amide bonds. The van der Waals surface area contributed by atoms with Crippen molar-refractivity contribution in [3.05, 3.63) is 59.4 Å². The fourth-order valence-electron chi connectivity index (χ4n) is 2.46. The third kappa shape index (κ3) is 5.27. The van der Waals surface area contributed by atoms with E-state index in [1.807, 2.05) is 6.92 Å². The van der Waals surface area contributed by atoms with Gasteiger partial charge in [-0.2, -0.15) is 0 Å². The normalized spacial score (nSPS) is 12.4. The number of sulfonamides is 1. The largest absolute Gasteiger partial charge is 0.495 e. The average molecular weight is 394 g/mol. The summed E-state index contributed by atoms with van der Waals surface area (Å²) >= 11 is 0. The Kier molecular flexibility index (Phi) is 6.92. The molecule has 0 bridgehead atoms. The summed E-state index contributed by atoms with van der Waals surface area (Å²) in [7, 11) is -2.44. The van der Waals surface area contributed by atoms with Crippen LogP contribution in [0.15, 0.2) is 47.4 Å². The Bertz CT molecular complexity index is 898. The lowest BCUT2D eigenvalue weighted by Crippen LogP contribution is -2.28. The third-order valence-electron chi connectivity index (χ3n) is 3.98. The Hall–Kier alpha value is -2.45. The number of amides is 1. The van der Waals surface area contributed by atoms with E-state index in [2.05, 4.69) is 10.0 Å². The fourth-order valence-corrected chi connectivity index (χ4v) is 3.78. The van der Waals surface area contributed by atoms with Gasteiger partial charge in [-0.3, -0.25) is 4.79 Å². The first-order valence-corrected chi connectivity index (χ1v) is 10.0. The van der Waals surface area contributed by atoms with Crippen LogP contribution in [0.1, 0.15) is 42.2 Å². The summed E-state index contributed by atoms with van der Waals surface area (Å²) in [6.45, 7) is 3.89. The van der Waals surface area contributed by atoms with Crippen molar-refractivity contribution in [2.24, 2.45) is 0 Å². The Morgan fingerprint density at radius 3 is 2.44 bits per heavy atom. The number of benzene rings is 2. The van der Waals surface area contributed by atoms with Crippen molar-refractivity contribution in [3.63, 3.8) is 0 Å².